The number of rotatable bonds is 3. The van der Waals surface area contributed by atoms with Gasteiger partial charge in [0.05, 0.1) is 23.0 Å². The summed E-state index contributed by atoms with van der Waals surface area (Å²) in [4.78, 5) is 23.3. The van der Waals surface area contributed by atoms with Gasteiger partial charge in [-0.15, -0.1) is 0 Å². The van der Waals surface area contributed by atoms with Gasteiger partial charge in [0.2, 0.25) is 0 Å². The van der Waals surface area contributed by atoms with Gasteiger partial charge in [-0.2, -0.15) is 5.10 Å². The van der Waals surface area contributed by atoms with Crippen LogP contribution in [0.3, 0.4) is 0 Å². The maximum absolute atomic E-state index is 13.8. The van der Waals surface area contributed by atoms with Gasteiger partial charge in [-0.3, -0.25) is 14.4 Å². The number of benzene rings is 1. The summed E-state index contributed by atoms with van der Waals surface area (Å²) in [7, 11) is 0. The zero-order valence-corrected chi connectivity index (χ0v) is 17.8. The summed E-state index contributed by atoms with van der Waals surface area (Å²) in [5.41, 5.74) is 4.52. The molecule has 6 nitrogen and oxygen atoms in total. The number of para-hydroxylation sites is 1. The Kier molecular flexibility index (Phi) is 5.03. The number of aryl methyl sites for hydroxylation is 2. The lowest BCUT2D eigenvalue weighted by Crippen LogP contribution is -2.39. The molecule has 0 radical (unpaired) electrons. The zero-order chi connectivity index (χ0) is 20.7. The first-order valence-corrected chi connectivity index (χ1v) is 11.1. The summed E-state index contributed by atoms with van der Waals surface area (Å²) in [6.45, 7) is 8.87. The van der Waals surface area contributed by atoms with Crippen LogP contribution >= 0.6 is 0 Å². The Balaban J connectivity index is 1.58. The van der Waals surface area contributed by atoms with Gasteiger partial charge in [0, 0.05) is 49.4 Å². The average molecular weight is 404 g/mol. The van der Waals surface area contributed by atoms with Crippen molar-refractivity contribution in [2.75, 3.05) is 26.2 Å². The second-order valence-corrected chi connectivity index (χ2v) is 8.55. The maximum Gasteiger partial charge on any atom is 0.254 e. The number of amides is 1. The van der Waals surface area contributed by atoms with Gasteiger partial charge < -0.3 is 4.90 Å². The topological polar surface area (TPSA) is 54.3 Å². The average Bonchev–Trinajstić information content (AvgIpc) is 3.38. The normalized spacial score (nSPS) is 19.8. The smallest absolute Gasteiger partial charge is 0.254 e. The van der Waals surface area contributed by atoms with E-state index in [1.807, 2.05) is 35.3 Å². The van der Waals surface area contributed by atoms with Crippen LogP contribution in [0.2, 0.25) is 0 Å². The third kappa shape index (κ3) is 3.39. The molecule has 6 heteroatoms. The highest BCUT2D eigenvalue weighted by Crippen LogP contribution is 2.29. The van der Waals surface area contributed by atoms with E-state index in [2.05, 4.69) is 34.8 Å². The summed E-state index contributed by atoms with van der Waals surface area (Å²) >= 11 is 0. The molecular weight excluding hydrogens is 374 g/mol. The first kappa shape index (κ1) is 19.2. The molecule has 2 aromatic heterocycles. The predicted octanol–water partition coefficient (Wildman–Crippen LogP) is 3.74. The number of hydrogen-bond acceptors (Lipinski definition) is 4. The summed E-state index contributed by atoms with van der Waals surface area (Å²) < 4.78 is 1.89. The second-order valence-electron chi connectivity index (χ2n) is 8.55. The van der Waals surface area contributed by atoms with Crippen LogP contribution in [0, 0.1) is 6.92 Å². The second kappa shape index (κ2) is 7.84. The van der Waals surface area contributed by atoms with E-state index in [9.17, 15) is 4.79 Å². The van der Waals surface area contributed by atoms with E-state index in [1.54, 1.807) is 0 Å². The lowest BCUT2D eigenvalue weighted by molar-refractivity contribution is 0.0745. The number of hydrogen-bond donors (Lipinski definition) is 0. The highest BCUT2D eigenvalue weighted by atomic mass is 16.2. The standard InChI is InChI=1S/C24H29N5O/c1-3-29-15-18(14-25-29)22-13-21(20-9-4-7-17(2)23(20)26-22)24(30)28-12-6-11-27-10-5-8-19(27)16-28/h4,7,9,13-15,19H,3,5-6,8,10-12,16H2,1-2H3. The van der Waals surface area contributed by atoms with Crippen molar-refractivity contribution < 1.29 is 4.79 Å². The number of carbonyl (C=O) groups is 1. The van der Waals surface area contributed by atoms with E-state index in [0.717, 1.165) is 65.9 Å². The Morgan fingerprint density at radius 1 is 1.20 bits per heavy atom. The zero-order valence-electron chi connectivity index (χ0n) is 17.8. The molecule has 0 saturated carbocycles. The van der Waals surface area contributed by atoms with E-state index in [0.29, 0.717) is 6.04 Å². The van der Waals surface area contributed by atoms with Crippen LogP contribution in [-0.4, -0.2) is 62.7 Å². The van der Waals surface area contributed by atoms with Crippen molar-refractivity contribution in [3.05, 3.63) is 47.8 Å². The predicted molar refractivity (Wildman–Crippen MR) is 118 cm³/mol. The highest BCUT2D eigenvalue weighted by molar-refractivity contribution is 6.07. The molecule has 2 aliphatic heterocycles. The molecule has 0 N–H and O–H groups in total. The van der Waals surface area contributed by atoms with Crippen LogP contribution in [0.1, 0.15) is 42.1 Å². The third-order valence-corrected chi connectivity index (χ3v) is 6.62. The molecule has 5 rings (SSSR count). The summed E-state index contributed by atoms with van der Waals surface area (Å²) in [6.07, 6.45) is 7.33. The third-order valence-electron chi connectivity index (χ3n) is 6.62. The summed E-state index contributed by atoms with van der Waals surface area (Å²) in [5.74, 6) is 0.130. The largest absolute Gasteiger partial charge is 0.337 e. The monoisotopic (exact) mass is 403 g/mol. The maximum atomic E-state index is 13.8. The van der Waals surface area contributed by atoms with Crippen molar-refractivity contribution in [1.82, 2.24) is 24.6 Å². The first-order valence-electron chi connectivity index (χ1n) is 11.1. The van der Waals surface area contributed by atoms with Gasteiger partial charge in [0.15, 0.2) is 0 Å². The number of nitrogens with zero attached hydrogens (tertiary/aromatic N) is 5. The number of aromatic nitrogens is 3. The van der Waals surface area contributed by atoms with Crippen LogP contribution in [-0.2, 0) is 6.54 Å². The van der Waals surface area contributed by atoms with Crippen molar-refractivity contribution in [3.8, 4) is 11.3 Å². The van der Waals surface area contributed by atoms with Crippen LogP contribution < -0.4 is 0 Å². The van der Waals surface area contributed by atoms with E-state index in [4.69, 9.17) is 4.98 Å². The van der Waals surface area contributed by atoms with Crippen LogP contribution in [0.15, 0.2) is 36.7 Å². The van der Waals surface area contributed by atoms with Gasteiger partial charge in [-0.05, 0) is 51.3 Å². The SMILES string of the molecule is CCn1cc(-c2cc(C(=O)N3CCCN4CCCC4C3)c3cccc(C)c3n2)cn1. The van der Waals surface area contributed by atoms with Crippen LogP contribution in [0.25, 0.3) is 22.2 Å². The van der Waals surface area contributed by atoms with Crippen molar-refractivity contribution in [2.45, 2.75) is 45.7 Å². The first-order chi connectivity index (χ1) is 14.6. The quantitative estimate of drug-likeness (QED) is 0.669. The van der Waals surface area contributed by atoms with Gasteiger partial charge >= 0.3 is 0 Å². The Hall–Kier alpha value is -2.73. The fraction of sp³-hybridized carbons (Fsp3) is 0.458. The molecule has 30 heavy (non-hydrogen) atoms. The molecule has 3 aromatic rings. The molecular formula is C24H29N5O. The summed E-state index contributed by atoms with van der Waals surface area (Å²) in [6, 6.07) is 8.59. The summed E-state index contributed by atoms with van der Waals surface area (Å²) in [5, 5.41) is 5.35. The van der Waals surface area contributed by atoms with Crippen molar-refractivity contribution in [3.63, 3.8) is 0 Å². The molecule has 0 bridgehead atoms. The molecule has 1 aromatic carbocycles. The lowest BCUT2D eigenvalue weighted by atomic mass is 10.0. The molecule has 0 aliphatic carbocycles. The molecule has 2 saturated heterocycles. The molecule has 1 atom stereocenters. The Morgan fingerprint density at radius 3 is 2.90 bits per heavy atom. The number of carbonyl (C=O) groups excluding carboxylic acids is 1. The lowest BCUT2D eigenvalue weighted by Gasteiger charge is -2.26. The molecule has 1 unspecified atom stereocenters. The minimum Gasteiger partial charge on any atom is -0.337 e. The minimum atomic E-state index is 0.130. The highest BCUT2D eigenvalue weighted by Gasteiger charge is 2.31. The molecule has 1 amide bonds. The molecule has 4 heterocycles. The fourth-order valence-corrected chi connectivity index (χ4v) is 4.95. The van der Waals surface area contributed by atoms with Crippen LogP contribution in [0.5, 0.6) is 0 Å². The molecule has 2 fully saturated rings. The molecule has 156 valence electrons. The Labute approximate surface area is 177 Å². The molecule has 0 spiro atoms. The fourth-order valence-electron chi connectivity index (χ4n) is 4.95. The van der Waals surface area contributed by atoms with Gasteiger partial charge in [-0.25, -0.2) is 4.98 Å². The Bertz CT molecular complexity index is 1090. The van der Waals surface area contributed by atoms with Gasteiger partial charge in [0.25, 0.3) is 5.91 Å². The van der Waals surface area contributed by atoms with Gasteiger partial charge in [0.1, 0.15) is 0 Å². The van der Waals surface area contributed by atoms with Crippen molar-refractivity contribution >= 4 is 16.8 Å². The van der Waals surface area contributed by atoms with Crippen molar-refractivity contribution in [2.24, 2.45) is 0 Å². The minimum absolute atomic E-state index is 0.130. The van der Waals surface area contributed by atoms with E-state index in [1.165, 1.54) is 19.4 Å². The Morgan fingerprint density at radius 2 is 2.07 bits per heavy atom. The van der Waals surface area contributed by atoms with E-state index in [-0.39, 0.29) is 5.91 Å². The molecule has 2 aliphatic rings. The van der Waals surface area contributed by atoms with Gasteiger partial charge in [-0.1, -0.05) is 18.2 Å². The number of pyridine rings is 1. The van der Waals surface area contributed by atoms with E-state index >= 15 is 0 Å². The van der Waals surface area contributed by atoms with E-state index < -0.39 is 0 Å². The number of fused-ring (bicyclic) bond motifs is 2. The van der Waals surface area contributed by atoms with Crippen molar-refractivity contribution in [1.29, 1.82) is 0 Å². The van der Waals surface area contributed by atoms with Crippen LogP contribution in [0.4, 0.5) is 0 Å².